The number of carbonyl (C=O) groups is 1. The molecule has 2 aromatic rings. The van der Waals surface area contributed by atoms with Gasteiger partial charge in [-0.25, -0.2) is 9.18 Å². The zero-order chi connectivity index (χ0) is 18.5. The molecular formula is C19H20Cl2FN3O. The van der Waals surface area contributed by atoms with E-state index in [0.29, 0.717) is 36.1 Å². The number of urea groups is 1. The van der Waals surface area contributed by atoms with Gasteiger partial charge in [0, 0.05) is 48.5 Å². The van der Waals surface area contributed by atoms with E-state index in [-0.39, 0.29) is 11.8 Å². The molecule has 138 valence electrons. The van der Waals surface area contributed by atoms with Gasteiger partial charge in [0.25, 0.3) is 0 Å². The first-order valence-electron chi connectivity index (χ1n) is 8.50. The van der Waals surface area contributed by atoms with Gasteiger partial charge in [0.2, 0.25) is 0 Å². The third-order valence-electron chi connectivity index (χ3n) is 4.44. The molecule has 2 amide bonds. The summed E-state index contributed by atoms with van der Waals surface area (Å²) in [6.45, 7) is 3.22. The number of nitrogens with zero attached hydrogens (tertiary/aromatic N) is 2. The fourth-order valence-corrected chi connectivity index (χ4v) is 3.46. The van der Waals surface area contributed by atoms with Gasteiger partial charge < -0.3 is 15.1 Å². The van der Waals surface area contributed by atoms with Crippen molar-refractivity contribution < 1.29 is 9.18 Å². The highest BCUT2D eigenvalue weighted by atomic mass is 35.5. The fraction of sp³-hybridized carbons (Fsp3) is 0.316. The lowest BCUT2D eigenvalue weighted by molar-refractivity contribution is 0.194. The minimum Gasteiger partial charge on any atom is -0.368 e. The lowest BCUT2D eigenvalue weighted by Gasteiger charge is -2.36. The molecule has 2 aromatic carbocycles. The Morgan fingerprint density at radius 2 is 1.73 bits per heavy atom. The maximum atomic E-state index is 13.0. The number of amides is 2. The maximum Gasteiger partial charge on any atom is 0.317 e. The molecule has 0 spiro atoms. The monoisotopic (exact) mass is 395 g/mol. The van der Waals surface area contributed by atoms with Crippen LogP contribution in [0.5, 0.6) is 0 Å². The molecule has 0 unspecified atom stereocenters. The summed E-state index contributed by atoms with van der Waals surface area (Å²) in [5, 5.41) is 4.14. The first-order chi connectivity index (χ1) is 12.5. The van der Waals surface area contributed by atoms with E-state index in [2.05, 4.69) is 10.2 Å². The molecule has 4 nitrogen and oxygen atoms in total. The first-order valence-corrected chi connectivity index (χ1v) is 9.26. The number of halogens is 3. The van der Waals surface area contributed by atoms with Gasteiger partial charge >= 0.3 is 6.03 Å². The van der Waals surface area contributed by atoms with Crippen LogP contribution < -0.4 is 10.2 Å². The zero-order valence-electron chi connectivity index (χ0n) is 14.2. The van der Waals surface area contributed by atoms with E-state index in [4.69, 9.17) is 23.2 Å². The lowest BCUT2D eigenvalue weighted by Crippen LogP contribution is -2.52. The van der Waals surface area contributed by atoms with Crippen LogP contribution >= 0.6 is 23.2 Å². The summed E-state index contributed by atoms with van der Waals surface area (Å²) in [6.07, 6.45) is 0.650. The van der Waals surface area contributed by atoms with E-state index >= 15 is 0 Å². The van der Waals surface area contributed by atoms with E-state index in [1.807, 2.05) is 6.07 Å². The molecule has 1 saturated heterocycles. The van der Waals surface area contributed by atoms with Gasteiger partial charge in [0.1, 0.15) is 5.82 Å². The molecule has 26 heavy (non-hydrogen) atoms. The molecule has 0 aliphatic carbocycles. The number of benzene rings is 2. The van der Waals surface area contributed by atoms with Gasteiger partial charge in [-0.2, -0.15) is 0 Å². The average molecular weight is 396 g/mol. The highest BCUT2D eigenvalue weighted by Gasteiger charge is 2.21. The Morgan fingerprint density at radius 3 is 2.38 bits per heavy atom. The van der Waals surface area contributed by atoms with Gasteiger partial charge in [-0.1, -0.05) is 29.3 Å². The minimum atomic E-state index is -0.243. The first kappa shape index (κ1) is 18.8. The Hall–Kier alpha value is -1.98. The number of carbonyl (C=O) groups excluding carboxylic acids is 1. The standard InChI is InChI=1S/C19H20Cl2FN3O/c20-15-2-1-14(18(21)13-15)7-8-23-19(26)25-11-9-24(10-12-25)17-5-3-16(22)4-6-17/h1-6,13H,7-12H2,(H,23,26). The van der Waals surface area contributed by atoms with E-state index in [1.54, 1.807) is 29.2 Å². The molecule has 0 atom stereocenters. The van der Waals surface area contributed by atoms with E-state index < -0.39 is 0 Å². The lowest BCUT2D eigenvalue weighted by atomic mass is 10.1. The quantitative estimate of drug-likeness (QED) is 0.841. The summed E-state index contributed by atoms with van der Waals surface area (Å²) in [7, 11) is 0. The highest BCUT2D eigenvalue weighted by Crippen LogP contribution is 2.21. The van der Waals surface area contributed by atoms with Crippen molar-refractivity contribution in [2.75, 3.05) is 37.6 Å². The van der Waals surface area contributed by atoms with Crippen molar-refractivity contribution in [1.82, 2.24) is 10.2 Å². The summed E-state index contributed by atoms with van der Waals surface area (Å²) >= 11 is 12.0. The highest BCUT2D eigenvalue weighted by molar-refractivity contribution is 6.35. The summed E-state index contributed by atoms with van der Waals surface area (Å²) in [5.41, 5.74) is 1.93. The molecule has 1 heterocycles. The molecule has 1 aliphatic heterocycles. The van der Waals surface area contributed by atoms with Gasteiger partial charge in [0.05, 0.1) is 0 Å². The van der Waals surface area contributed by atoms with Crippen molar-refractivity contribution >= 4 is 34.9 Å². The number of hydrogen-bond donors (Lipinski definition) is 1. The van der Waals surface area contributed by atoms with Crippen LogP contribution in [0.2, 0.25) is 10.0 Å². The van der Waals surface area contributed by atoms with Crippen molar-refractivity contribution in [3.05, 3.63) is 63.9 Å². The molecule has 0 bridgehead atoms. The Morgan fingerprint density at radius 1 is 1.04 bits per heavy atom. The second kappa shape index (κ2) is 8.60. The molecule has 0 saturated carbocycles. The van der Waals surface area contributed by atoms with Crippen molar-refractivity contribution in [2.24, 2.45) is 0 Å². The number of rotatable bonds is 4. The van der Waals surface area contributed by atoms with Crippen LogP contribution in [0, 0.1) is 5.82 Å². The fourth-order valence-electron chi connectivity index (χ4n) is 2.96. The second-order valence-electron chi connectivity index (χ2n) is 6.17. The van der Waals surface area contributed by atoms with Crippen molar-refractivity contribution in [3.8, 4) is 0 Å². The molecule has 1 aliphatic rings. The minimum absolute atomic E-state index is 0.0751. The predicted octanol–water partition coefficient (Wildman–Crippen LogP) is 4.21. The van der Waals surface area contributed by atoms with Crippen molar-refractivity contribution in [3.63, 3.8) is 0 Å². The van der Waals surface area contributed by atoms with Crippen LogP contribution in [0.25, 0.3) is 0 Å². The predicted molar refractivity (Wildman–Crippen MR) is 104 cm³/mol. The summed E-state index contributed by atoms with van der Waals surface area (Å²) < 4.78 is 13.0. The maximum absolute atomic E-state index is 13.0. The molecule has 0 radical (unpaired) electrons. The normalized spacial score (nSPS) is 14.4. The zero-order valence-corrected chi connectivity index (χ0v) is 15.7. The van der Waals surface area contributed by atoms with Crippen LogP contribution in [0.4, 0.5) is 14.9 Å². The Labute approximate surface area is 162 Å². The third-order valence-corrected chi connectivity index (χ3v) is 5.03. The number of piperazine rings is 1. The van der Waals surface area contributed by atoms with E-state index in [0.717, 1.165) is 24.3 Å². The molecule has 1 fully saturated rings. The van der Waals surface area contributed by atoms with Crippen LogP contribution in [-0.4, -0.2) is 43.7 Å². The van der Waals surface area contributed by atoms with Gasteiger partial charge in [-0.3, -0.25) is 0 Å². The molecule has 1 N–H and O–H groups in total. The third kappa shape index (κ3) is 4.80. The molecule has 0 aromatic heterocycles. The topological polar surface area (TPSA) is 35.6 Å². The molecule has 7 heteroatoms. The second-order valence-corrected chi connectivity index (χ2v) is 7.01. The molecular weight excluding hydrogens is 376 g/mol. The Kier molecular flexibility index (Phi) is 6.22. The van der Waals surface area contributed by atoms with Crippen molar-refractivity contribution in [1.29, 1.82) is 0 Å². The van der Waals surface area contributed by atoms with Crippen LogP contribution in [0.1, 0.15) is 5.56 Å². The smallest absolute Gasteiger partial charge is 0.317 e. The van der Waals surface area contributed by atoms with E-state index in [1.165, 1.54) is 12.1 Å². The van der Waals surface area contributed by atoms with Gasteiger partial charge in [0.15, 0.2) is 0 Å². The van der Waals surface area contributed by atoms with E-state index in [9.17, 15) is 9.18 Å². The van der Waals surface area contributed by atoms with Crippen LogP contribution in [0.3, 0.4) is 0 Å². The Bertz CT molecular complexity index is 762. The largest absolute Gasteiger partial charge is 0.368 e. The van der Waals surface area contributed by atoms with Crippen molar-refractivity contribution in [2.45, 2.75) is 6.42 Å². The van der Waals surface area contributed by atoms with Gasteiger partial charge in [-0.05, 0) is 48.4 Å². The van der Waals surface area contributed by atoms with Crippen LogP contribution in [-0.2, 0) is 6.42 Å². The SMILES string of the molecule is O=C(NCCc1ccc(Cl)cc1Cl)N1CCN(c2ccc(F)cc2)CC1. The van der Waals surface area contributed by atoms with Crippen LogP contribution in [0.15, 0.2) is 42.5 Å². The number of anilines is 1. The summed E-state index contributed by atoms with van der Waals surface area (Å²) in [4.78, 5) is 16.3. The summed E-state index contributed by atoms with van der Waals surface area (Å²) in [5.74, 6) is -0.243. The molecule has 3 rings (SSSR count). The van der Waals surface area contributed by atoms with Gasteiger partial charge in [-0.15, -0.1) is 0 Å². The Balaban J connectivity index is 1.44. The summed E-state index contributed by atoms with van der Waals surface area (Å²) in [6, 6.07) is 11.7. The average Bonchev–Trinajstić information content (AvgIpc) is 2.64. The number of nitrogens with one attached hydrogen (secondary N) is 1. The number of hydrogen-bond acceptors (Lipinski definition) is 2.